The van der Waals surface area contributed by atoms with Crippen LogP contribution in [0, 0.1) is 11.8 Å². The monoisotopic (exact) mass is 428 g/mol. The normalized spacial score (nSPS) is 19.0. The van der Waals surface area contributed by atoms with E-state index in [-0.39, 0.29) is 11.2 Å². The molecule has 2 aliphatic carbocycles. The maximum atomic E-state index is 13.4. The summed E-state index contributed by atoms with van der Waals surface area (Å²) in [4.78, 5) is 31.7. The number of aryl methyl sites for hydroxylation is 2. The Kier molecular flexibility index (Phi) is 7.02. The molecule has 0 saturated heterocycles. The lowest BCUT2D eigenvalue weighted by atomic mass is 9.69. The van der Waals surface area contributed by atoms with E-state index < -0.39 is 0 Å². The summed E-state index contributed by atoms with van der Waals surface area (Å²) in [7, 11) is 2.02. The summed E-state index contributed by atoms with van der Waals surface area (Å²) in [6.45, 7) is 5.15. The molecule has 31 heavy (non-hydrogen) atoms. The van der Waals surface area contributed by atoms with Gasteiger partial charge in [-0.15, -0.1) is 0 Å². The first-order chi connectivity index (χ1) is 15.1. The summed E-state index contributed by atoms with van der Waals surface area (Å²) in [5, 5.41) is 0. The van der Waals surface area contributed by atoms with Crippen LogP contribution >= 0.6 is 0 Å². The number of nitrogens with zero attached hydrogens (tertiary/aromatic N) is 4. The van der Waals surface area contributed by atoms with Gasteiger partial charge in [0.1, 0.15) is 5.82 Å². The third kappa shape index (κ3) is 4.14. The molecule has 6 nitrogen and oxygen atoms in total. The molecule has 2 heterocycles. The molecule has 2 aromatic heterocycles. The quantitative estimate of drug-likeness (QED) is 0.626. The lowest BCUT2D eigenvalue weighted by Gasteiger charge is -2.37. The molecular weight excluding hydrogens is 388 g/mol. The van der Waals surface area contributed by atoms with Crippen molar-refractivity contribution < 1.29 is 0 Å². The predicted molar refractivity (Wildman–Crippen MR) is 126 cm³/mol. The van der Waals surface area contributed by atoms with E-state index in [9.17, 15) is 9.59 Å². The van der Waals surface area contributed by atoms with Crippen molar-refractivity contribution in [3.05, 3.63) is 26.7 Å². The zero-order valence-corrected chi connectivity index (χ0v) is 19.7. The molecule has 0 unspecified atom stereocenters. The van der Waals surface area contributed by atoms with Gasteiger partial charge in [-0.2, -0.15) is 0 Å². The van der Waals surface area contributed by atoms with Crippen LogP contribution in [0.15, 0.2) is 9.59 Å². The number of hydrogen-bond acceptors (Lipinski definition) is 3. The van der Waals surface area contributed by atoms with Gasteiger partial charge in [0.2, 0.25) is 0 Å². The Morgan fingerprint density at radius 2 is 1.35 bits per heavy atom. The molecule has 2 aliphatic rings. The third-order valence-electron chi connectivity index (χ3n) is 7.78. The molecule has 0 amide bonds. The fraction of sp³-hybridized carbons (Fsp3) is 0.800. The number of fused-ring (bicyclic) bond motifs is 1. The SMILES string of the molecule is CCCn1c(=O)c2c(nc(C(C3CCCCC3)C3CCCCC3)n2C)n(CCC)c1=O. The van der Waals surface area contributed by atoms with Gasteiger partial charge < -0.3 is 4.57 Å². The zero-order valence-electron chi connectivity index (χ0n) is 19.7. The van der Waals surface area contributed by atoms with Crippen molar-refractivity contribution in [2.45, 2.75) is 110 Å². The lowest BCUT2D eigenvalue weighted by Crippen LogP contribution is -2.40. The third-order valence-corrected chi connectivity index (χ3v) is 7.78. The maximum absolute atomic E-state index is 13.4. The van der Waals surface area contributed by atoms with E-state index in [4.69, 9.17) is 4.98 Å². The van der Waals surface area contributed by atoms with Crippen molar-refractivity contribution >= 4 is 11.2 Å². The Bertz CT molecular complexity index is 985. The summed E-state index contributed by atoms with van der Waals surface area (Å²) in [5.41, 5.74) is 0.866. The highest BCUT2D eigenvalue weighted by Gasteiger charge is 2.36. The van der Waals surface area contributed by atoms with E-state index in [1.165, 1.54) is 68.8 Å². The second-order valence-electron chi connectivity index (χ2n) is 9.91. The van der Waals surface area contributed by atoms with Gasteiger partial charge in [0, 0.05) is 26.1 Å². The van der Waals surface area contributed by atoms with Crippen molar-refractivity contribution in [3.63, 3.8) is 0 Å². The van der Waals surface area contributed by atoms with Gasteiger partial charge in [-0.3, -0.25) is 13.9 Å². The first-order valence-corrected chi connectivity index (χ1v) is 12.8. The number of imidazole rings is 1. The first kappa shape index (κ1) is 22.3. The predicted octanol–water partition coefficient (Wildman–Crippen LogP) is 4.96. The topological polar surface area (TPSA) is 61.8 Å². The van der Waals surface area contributed by atoms with Crippen LogP contribution in [0.2, 0.25) is 0 Å². The molecule has 0 radical (unpaired) electrons. The minimum atomic E-state index is -0.197. The van der Waals surface area contributed by atoms with Crippen molar-refractivity contribution in [1.82, 2.24) is 18.7 Å². The zero-order chi connectivity index (χ0) is 22.0. The number of aromatic nitrogens is 4. The largest absolute Gasteiger partial charge is 0.332 e. The van der Waals surface area contributed by atoms with Gasteiger partial charge in [0.25, 0.3) is 5.56 Å². The van der Waals surface area contributed by atoms with E-state index in [1.807, 2.05) is 14.0 Å². The second-order valence-corrected chi connectivity index (χ2v) is 9.91. The first-order valence-electron chi connectivity index (χ1n) is 12.8. The molecule has 0 aromatic carbocycles. The minimum absolute atomic E-state index is 0.165. The molecule has 0 spiro atoms. The molecule has 172 valence electrons. The summed E-state index contributed by atoms with van der Waals surface area (Å²) in [5.74, 6) is 2.76. The Hall–Kier alpha value is -1.85. The average Bonchev–Trinajstić information content (AvgIpc) is 3.13. The Balaban J connectivity index is 1.91. The van der Waals surface area contributed by atoms with Gasteiger partial charge in [0.05, 0.1) is 0 Å². The van der Waals surface area contributed by atoms with Crippen LogP contribution in [0.3, 0.4) is 0 Å². The van der Waals surface area contributed by atoms with Crippen LogP contribution in [0.25, 0.3) is 11.2 Å². The molecule has 2 aromatic rings. The molecule has 0 aliphatic heterocycles. The van der Waals surface area contributed by atoms with Gasteiger partial charge in [-0.25, -0.2) is 9.78 Å². The summed E-state index contributed by atoms with van der Waals surface area (Å²) < 4.78 is 5.26. The highest BCUT2D eigenvalue weighted by Crippen LogP contribution is 2.45. The van der Waals surface area contributed by atoms with Crippen LogP contribution in [0.4, 0.5) is 0 Å². The standard InChI is InChI=1S/C25H40N4O2/c1-4-16-28-23-21(24(30)29(17-5-2)25(28)31)27(3)22(26-23)20(18-12-8-6-9-13-18)19-14-10-7-11-15-19/h18-20H,4-17H2,1-3H3. The number of rotatable bonds is 7. The molecule has 4 rings (SSSR count). The maximum Gasteiger partial charge on any atom is 0.332 e. The summed E-state index contributed by atoms with van der Waals surface area (Å²) in [6, 6.07) is 0. The van der Waals surface area contributed by atoms with Crippen LogP contribution in [-0.4, -0.2) is 18.7 Å². The fourth-order valence-electron chi connectivity index (χ4n) is 6.32. The minimum Gasteiger partial charge on any atom is -0.325 e. The van der Waals surface area contributed by atoms with Gasteiger partial charge in [-0.05, 0) is 50.4 Å². The van der Waals surface area contributed by atoms with Crippen LogP contribution in [-0.2, 0) is 20.1 Å². The molecule has 0 atom stereocenters. The molecule has 0 N–H and O–H groups in total. The highest BCUT2D eigenvalue weighted by atomic mass is 16.2. The van der Waals surface area contributed by atoms with Crippen LogP contribution < -0.4 is 11.2 Å². The Morgan fingerprint density at radius 3 is 1.87 bits per heavy atom. The van der Waals surface area contributed by atoms with Gasteiger partial charge >= 0.3 is 5.69 Å². The Morgan fingerprint density at radius 1 is 0.839 bits per heavy atom. The smallest absolute Gasteiger partial charge is 0.325 e. The molecule has 2 fully saturated rings. The number of hydrogen-bond donors (Lipinski definition) is 0. The molecule has 0 bridgehead atoms. The van der Waals surface area contributed by atoms with E-state index in [0.717, 1.165) is 18.7 Å². The summed E-state index contributed by atoms with van der Waals surface area (Å²) in [6.07, 6.45) is 14.6. The molecule has 6 heteroatoms. The van der Waals surface area contributed by atoms with Crippen LogP contribution in [0.1, 0.15) is 103 Å². The van der Waals surface area contributed by atoms with Crippen molar-refractivity contribution in [2.24, 2.45) is 18.9 Å². The summed E-state index contributed by atoms with van der Waals surface area (Å²) >= 11 is 0. The highest BCUT2D eigenvalue weighted by molar-refractivity contribution is 5.71. The van der Waals surface area contributed by atoms with E-state index in [0.29, 0.717) is 42.0 Å². The molecule has 2 saturated carbocycles. The Labute approximate surface area is 185 Å². The van der Waals surface area contributed by atoms with Crippen molar-refractivity contribution in [2.75, 3.05) is 0 Å². The van der Waals surface area contributed by atoms with Crippen molar-refractivity contribution in [3.8, 4) is 0 Å². The fourth-order valence-corrected chi connectivity index (χ4v) is 6.32. The van der Waals surface area contributed by atoms with Gasteiger partial charge in [-0.1, -0.05) is 52.4 Å². The molecular formula is C25H40N4O2. The average molecular weight is 429 g/mol. The van der Waals surface area contributed by atoms with E-state index in [1.54, 1.807) is 4.57 Å². The van der Waals surface area contributed by atoms with E-state index >= 15 is 0 Å². The van der Waals surface area contributed by atoms with Gasteiger partial charge in [0.15, 0.2) is 11.2 Å². The lowest BCUT2D eigenvalue weighted by molar-refractivity contribution is 0.193. The van der Waals surface area contributed by atoms with Crippen molar-refractivity contribution in [1.29, 1.82) is 0 Å². The van der Waals surface area contributed by atoms with Crippen LogP contribution in [0.5, 0.6) is 0 Å². The second kappa shape index (κ2) is 9.74. The van der Waals surface area contributed by atoms with E-state index in [2.05, 4.69) is 11.5 Å².